The number of hydrogen-bond donors (Lipinski definition) is 1. The van der Waals surface area contributed by atoms with Gasteiger partial charge in [0, 0.05) is 39.1 Å². The summed E-state index contributed by atoms with van der Waals surface area (Å²) in [5, 5.41) is 9.75. The Hall–Kier alpha value is -0.980. The highest BCUT2D eigenvalue weighted by Gasteiger charge is 2.16. The molecule has 0 amide bonds. The summed E-state index contributed by atoms with van der Waals surface area (Å²) < 4.78 is 0. The predicted octanol–water partition coefficient (Wildman–Crippen LogP) is 1.02. The normalized spacial score (nSPS) is 18.1. The van der Waals surface area contributed by atoms with E-state index in [2.05, 4.69) is 21.7 Å². The largest absolute Gasteiger partial charge is 0.477 e. The van der Waals surface area contributed by atoms with Gasteiger partial charge in [0.25, 0.3) is 0 Å². The van der Waals surface area contributed by atoms with E-state index < -0.39 is 5.97 Å². The topological polar surface area (TPSA) is 56.7 Å². The summed E-state index contributed by atoms with van der Waals surface area (Å²) in [7, 11) is 0. The average molecular weight is 269 g/mol. The van der Waals surface area contributed by atoms with E-state index in [0.717, 1.165) is 50.7 Å². The summed E-state index contributed by atoms with van der Waals surface area (Å²) >= 11 is 1.29. The van der Waals surface area contributed by atoms with Crippen molar-refractivity contribution in [3.63, 3.8) is 0 Å². The van der Waals surface area contributed by atoms with E-state index in [1.54, 1.807) is 0 Å². The van der Waals surface area contributed by atoms with Crippen LogP contribution >= 0.6 is 11.3 Å². The number of hydrogen-bond acceptors (Lipinski definition) is 5. The maximum absolute atomic E-state index is 10.7. The van der Waals surface area contributed by atoms with Crippen molar-refractivity contribution in [1.82, 2.24) is 14.8 Å². The Bertz CT molecular complexity index is 400. The van der Waals surface area contributed by atoms with Crippen molar-refractivity contribution in [3.8, 4) is 0 Å². The molecule has 1 fully saturated rings. The van der Waals surface area contributed by atoms with Crippen molar-refractivity contribution >= 4 is 17.3 Å². The molecule has 0 atom stereocenters. The fourth-order valence-electron chi connectivity index (χ4n) is 2.11. The lowest BCUT2D eigenvalue weighted by molar-refractivity contribution is 0.0702. The SMILES string of the molecule is CCN1CCN(CCc2ncc(C(=O)O)s2)CC1. The first-order valence-electron chi connectivity index (χ1n) is 6.31. The van der Waals surface area contributed by atoms with E-state index in [1.807, 2.05) is 0 Å². The van der Waals surface area contributed by atoms with Crippen LogP contribution < -0.4 is 0 Å². The number of rotatable bonds is 5. The molecule has 1 saturated heterocycles. The maximum atomic E-state index is 10.7. The Kier molecular flexibility index (Phi) is 4.68. The van der Waals surface area contributed by atoms with Crippen LogP contribution in [0.25, 0.3) is 0 Å². The number of aromatic carboxylic acids is 1. The molecule has 5 nitrogen and oxygen atoms in total. The number of carbonyl (C=O) groups is 1. The van der Waals surface area contributed by atoms with Gasteiger partial charge in [0.1, 0.15) is 4.88 Å². The summed E-state index contributed by atoms with van der Waals surface area (Å²) in [5.41, 5.74) is 0. The Morgan fingerprint density at radius 3 is 2.61 bits per heavy atom. The highest BCUT2D eigenvalue weighted by molar-refractivity contribution is 7.13. The Labute approximate surface area is 111 Å². The van der Waals surface area contributed by atoms with Crippen LogP contribution in [-0.4, -0.2) is 65.1 Å². The minimum absolute atomic E-state index is 0.334. The van der Waals surface area contributed by atoms with Crippen molar-refractivity contribution in [1.29, 1.82) is 0 Å². The van der Waals surface area contributed by atoms with Gasteiger partial charge < -0.3 is 14.9 Å². The quantitative estimate of drug-likeness (QED) is 0.865. The summed E-state index contributed by atoms with van der Waals surface area (Å²) in [4.78, 5) is 20.1. The number of aromatic nitrogens is 1. The van der Waals surface area contributed by atoms with Crippen LogP contribution in [0.1, 0.15) is 21.6 Å². The van der Waals surface area contributed by atoms with Gasteiger partial charge in [-0.1, -0.05) is 6.92 Å². The van der Waals surface area contributed by atoms with E-state index in [-0.39, 0.29) is 0 Å². The van der Waals surface area contributed by atoms with E-state index in [1.165, 1.54) is 17.5 Å². The smallest absolute Gasteiger partial charge is 0.347 e. The second-order valence-electron chi connectivity index (χ2n) is 4.45. The monoisotopic (exact) mass is 269 g/mol. The first-order valence-corrected chi connectivity index (χ1v) is 7.13. The van der Waals surface area contributed by atoms with E-state index >= 15 is 0 Å². The fraction of sp³-hybridized carbons (Fsp3) is 0.667. The molecule has 0 bridgehead atoms. The van der Waals surface area contributed by atoms with Gasteiger partial charge >= 0.3 is 5.97 Å². The van der Waals surface area contributed by atoms with Crippen LogP contribution in [0.5, 0.6) is 0 Å². The molecule has 1 aliphatic heterocycles. The summed E-state index contributed by atoms with van der Waals surface area (Å²) in [6, 6.07) is 0. The molecule has 0 aliphatic carbocycles. The van der Waals surface area contributed by atoms with Gasteiger partial charge in [0.15, 0.2) is 0 Å². The lowest BCUT2D eigenvalue weighted by Crippen LogP contribution is -2.46. The summed E-state index contributed by atoms with van der Waals surface area (Å²) in [6.07, 6.45) is 2.31. The van der Waals surface area contributed by atoms with Crippen LogP contribution in [0.3, 0.4) is 0 Å². The second-order valence-corrected chi connectivity index (χ2v) is 5.56. The van der Waals surface area contributed by atoms with Gasteiger partial charge in [-0.25, -0.2) is 9.78 Å². The summed E-state index contributed by atoms with van der Waals surface area (Å²) in [6.45, 7) is 8.77. The van der Waals surface area contributed by atoms with Crippen molar-refractivity contribution in [3.05, 3.63) is 16.1 Å². The predicted molar refractivity (Wildman–Crippen MR) is 71.3 cm³/mol. The van der Waals surface area contributed by atoms with Crippen LogP contribution in [-0.2, 0) is 6.42 Å². The van der Waals surface area contributed by atoms with Gasteiger partial charge in [-0.2, -0.15) is 0 Å². The zero-order valence-electron chi connectivity index (χ0n) is 10.6. The third-order valence-electron chi connectivity index (χ3n) is 3.32. The van der Waals surface area contributed by atoms with Crippen molar-refractivity contribution in [2.75, 3.05) is 39.3 Å². The second kappa shape index (κ2) is 6.26. The molecule has 1 aromatic heterocycles. The van der Waals surface area contributed by atoms with E-state index in [4.69, 9.17) is 5.11 Å². The molecule has 2 heterocycles. The van der Waals surface area contributed by atoms with Crippen molar-refractivity contribution in [2.24, 2.45) is 0 Å². The zero-order valence-corrected chi connectivity index (χ0v) is 11.4. The lowest BCUT2D eigenvalue weighted by Gasteiger charge is -2.33. The number of thiazole rings is 1. The fourth-order valence-corrected chi connectivity index (χ4v) is 2.85. The van der Waals surface area contributed by atoms with Crippen molar-refractivity contribution < 1.29 is 9.90 Å². The number of likely N-dealkylation sites (N-methyl/N-ethyl adjacent to an activating group) is 1. The Balaban J connectivity index is 1.76. The van der Waals surface area contributed by atoms with Gasteiger partial charge in [-0.15, -0.1) is 11.3 Å². The highest BCUT2D eigenvalue weighted by Crippen LogP contribution is 2.14. The molecule has 0 unspecified atom stereocenters. The molecular weight excluding hydrogens is 250 g/mol. The van der Waals surface area contributed by atoms with Crippen LogP contribution in [0.15, 0.2) is 6.20 Å². The number of carboxylic acids is 1. The Morgan fingerprint density at radius 1 is 1.39 bits per heavy atom. The molecule has 6 heteroatoms. The molecule has 2 rings (SSSR count). The standard InChI is InChI=1S/C12H19N3O2S/c1-2-14-5-7-15(8-6-14)4-3-11-13-9-10(18-11)12(16)17/h9H,2-8H2,1H3,(H,16,17). The van der Waals surface area contributed by atoms with Crippen LogP contribution in [0, 0.1) is 0 Å². The number of nitrogens with zero attached hydrogens (tertiary/aromatic N) is 3. The summed E-state index contributed by atoms with van der Waals surface area (Å²) in [5.74, 6) is -0.879. The highest BCUT2D eigenvalue weighted by atomic mass is 32.1. The molecule has 1 aliphatic rings. The third-order valence-corrected chi connectivity index (χ3v) is 4.36. The zero-order chi connectivity index (χ0) is 13.0. The van der Waals surface area contributed by atoms with Crippen LogP contribution in [0.2, 0.25) is 0 Å². The first-order chi connectivity index (χ1) is 8.69. The molecule has 18 heavy (non-hydrogen) atoms. The molecule has 0 radical (unpaired) electrons. The van der Waals surface area contributed by atoms with Crippen molar-refractivity contribution in [2.45, 2.75) is 13.3 Å². The number of carboxylic acid groups (broad SMARTS) is 1. The molecule has 0 saturated carbocycles. The van der Waals surface area contributed by atoms with Gasteiger partial charge in [0.05, 0.1) is 11.2 Å². The molecular formula is C12H19N3O2S. The molecule has 1 N–H and O–H groups in total. The van der Waals surface area contributed by atoms with Gasteiger partial charge in [0.2, 0.25) is 0 Å². The first kappa shape index (κ1) is 13.5. The van der Waals surface area contributed by atoms with Gasteiger partial charge in [-0.3, -0.25) is 0 Å². The van der Waals surface area contributed by atoms with E-state index in [9.17, 15) is 4.79 Å². The Morgan fingerprint density at radius 2 is 2.06 bits per heavy atom. The van der Waals surface area contributed by atoms with E-state index in [0.29, 0.717) is 4.88 Å². The lowest BCUT2D eigenvalue weighted by atomic mass is 10.3. The third kappa shape index (κ3) is 3.51. The maximum Gasteiger partial charge on any atom is 0.347 e. The molecule has 100 valence electrons. The minimum atomic E-state index is -0.879. The molecule has 0 spiro atoms. The van der Waals surface area contributed by atoms with Gasteiger partial charge in [-0.05, 0) is 6.54 Å². The molecule has 0 aromatic carbocycles. The minimum Gasteiger partial charge on any atom is -0.477 e. The average Bonchev–Trinajstić information content (AvgIpc) is 2.86. The van der Waals surface area contributed by atoms with Crippen LogP contribution in [0.4, 0.5) is 0 Å². The molecule has 1 aromatic rings. The number of piperazine rings is 1.